The number of carbonyl (C=O) groups excluding carboxylic acids is 1. The van der Waals surface area contributed by atoms with Crippen LogP contribution in [0.15, 0.2) is 54.0 Å². The molecule has 0 bridgehead atoms. The van der Waals surface area contributed by atoms with Gasteiger partial charge in [-0.3, -0.25) is 0 Å². The molecule has 25 heavy (non-hydrogen) atoms. The molecule has 130 valence electrons. The van der Waals surface area contributed by atoms with Gasteiger partial charge < -0.3 is 14.8 Å². The molecule has 1 aromatic carbocycles. The monoisotopic (exact) mass is 393 g/mol. The minimum Gasteiger partial charge on any atom is -0.353 e. The van der Waals surface area contributed by atoms with Gasteiger partial charge in [-0.05, 0) is 41.8 Å². The van der Waals surface area contributed by atoms with Crippen LogP contribution in [-0.4, -0.2) is 15.5 Å². The third-order valence-corrected chi connectivity index (χ3v) is 5.39. The maximum atomic E-state index is 12.8. The van der Waals surface area contributed by atoms with Gasteiger partial charge in [-0.1, -0.05) is 29.3 Å². The fourth-order valence-corrected chi connectivity index (χ4v) is 3.44. The predicted octanol–water partition coefficient (Wildman–Crippen LogP) is 5.63. The SMILES string of the molecule is Cn1cccc1CN(Cc1cccs1)C(=O)Nc1ccc(Cl)c(Cl)c1. The standard InChI is InChI=1S/C18H17Cl2N3OS/c1-22-8-2-4-14(22)11-23(12-15-5-3-9-25-15)18(24)21-13-6-7-16(19)17(20)10-13/h2-10H,11-12H2,1H3,(H,21,24). The minimum absolute atomic E-state index is 0.187. The Morgan fingerprint density at radius 2 is 2.00 bits per heavy atom. The van der Waals surface area contributed by atoms with Gasteiger partial charge in [0.2, 0.25) is 0 Å². The molecule has 0 aliphatic rings. The van der Waals surface area contributed by atoms with E-state index in [0.29, 0.717) is 28.8 Å². The number of nitrogens with zero attached hydrogens (tertiary/aromatic N) is 2. The number of aromatic nitrogens is 1. The number of hydrogen-bond donors (Lipinski definition) is 1. The van der Waals surface area contributed by atoms with Gasteiger partial charge in [-0.25, -0.2) is 4.79 Å². The van der Waals surface area contributed by atoms with E-state index in [1.807, 2.05) is 47.5 Å². The van der Waals surface area contributed by atoms with Crippen LogP contribution in [0.5, 0.6) is 0 Å². The van der Waals surface area contributed by atoms with Gasteiger partial charge in [0.1, 0.15) is 0 Å². The summed E-state index contributed by atoms with van der Waals surface area (Å²) in [5.41, 5.74) is 1.67. The summed E-state index contributed by atoms with van der Waals surface area (Å²) in [5, 5.41) is 5.77. The van der Waals surface area contributed by atoms with Gasteiger partial charge in [-0.15, -0.1) is 11.3 Å². The lowest BCUT2D eigenvalue weighted by atomic mass is 10.3. The lowest BCUT2D eigenvalue weighted by Gasteiger charge is -2.23. The number of thiophene rings is 1. The van der Waals surface area contributed by atoms with Crippen LogP contribution in [0.4, 0.5) is 10.5 Å². The molecule has 0 aliphatic carbocycles. The molecule has 1 N–H and O–H groups in total. The van der Waals surface area contributed by atoms with Crippen LogP contribution >= 0.6 is 34.5 Å². The van der Waals surface area contributed by atoms with Crippen LogP contribution in [-0.2, 0) is 20.1 Å². The predicted molar refractivity (Wildman–Crippen MR) is 104 cm³/mol. The molecule has 0 unspecified atom stereocenters. The minimum atomic E-state index is -0.187. The highest BCUT2D eigenvalue weighted by molar-refractivity contribution is 7.09. The average Bonchev–Trinajstić information content (AvgIpc) is 3.23. The Morgan fingerprint density at radius 3 is 2.64 bits per heavy atom. The molecule has 2 aromatic heterocycles. The van der Waals surface area contributed by atoms with Crippen LogP contribution in [0.1, 0.15) is 10.6 Å². The second-order valence-electron chi connectivity index (χ2n) is 5.60. The summed E-state index contributed by atoms with van der Waals surface area (Å²) in [7, 11) is 1.97. The molecule has 7 heteroatoms. The third-order valence-electron chi connectivity index (χ3n) is 3.79. The highest BCUT2D eigenvalue weighted by Gasteiger charge is 2.17. The topological polar surface area (TPSA) is 37.3 Å². The molecular weight excluding hydrogens is 377 g/mol. The zero-order valence-corrected chi connectivity index (χ0v) is 15.9. The van der Waals surface area contributed by atoms with Gasteiger partial charge in [0.05, 0.1) is 23.1 Å². The Morgan fingerprint density at radius 1 is 1.16 bits per heavy atom. The molecule has 3 rings (SSSR count). The number of nitrogens with one attached hydrogen (secondary N) is 1. The van der Waals surface area contributed by atoms with Crippen LogP contribution < -0.4 is 5.32 Å². The van der Waals surface area contributed by atoms with Gasteiger partial charge in [0.15, 0.2) is 0 Å². The normalized spacial score (nSPS) is 10.7. The first-order valence-corrected chi connectivity index (χ1v) is 9.30. The maximum Gasteiger partial charge on any atom is 0.322 e. The van der Waals surface area contributed by atoms with Crippen molar-refractivity contribution in [2.75, 3.05) is 5.32 Å². The highest BCUT2D eigenvalue weighted by Crippen LogP contribution is 2.25. The second-order valence-corrected chi connectivity index (χ2v) is 7.45. The van der Waals surface area contributed by atoms with Gasteiger partial charge in [-0.2, -0.15) is 0 Å². The molecule has 3 aromatic rings. The number of aryl methyl sites for hydroxylation is 1. The molecule has 0 atom stereocenters. The van der Waals surface area contributed by atoms with Crippen molar-refractivity contribution in [3.63, 3.8) is 0 Å². The zero-order valence-electron chi connectivity index (χ0n) is 13.6. The first-order valence-electron chi connectivity index (χ1n) is 7.66. The van der Waals surface area contributed by atoms with Crippen molar-refractivity contribution < 1.29 is 4.79 Å². The highest BCUT2D eigenvalue weighted by atomic mass is 35.5. The van der Waals surface area contributed by atoms with E-state index in [-0.39, 0.29) is 6.03 Å². The largest absolute Gasteiger partial charge is 0.353 e. The fraction of sp³-hybridized carbons (Fsp3) is 0.167. The number of carbonyl (C=O) groups is 1. The van der Waals surface area contributed by atoms with Crippen molar-refractivity contribution in [3.05, 3.63) is 74.7 Å². The molecule has 2 amide bonds. The van der Waals surface area contributed by atoms with Crippen molar-refractivity contribution in [2.24, 2.45) is 7.05 Å². The summed E-state index contributed by atoms with van der Waals surface area (Å²) in [4.78, 5) is 15.7. The molecular formula is C18H17Cl2N3OS. The third kappa shape index (κ3) is 4.57. The molecule has 0 aliphatic heterocycles. The van der Waals surface area contributed by atoms with E-state index in [2.05, 4.69) is 5.32 Å². The number of urea groups is 1. The number of halogens is 2. The van der Waals surface area contributed by atoms with Gasteiger partial charge in [0, 0.05) is 29.5 Å². The van der Waals surface area contributed by atoms with Crippen molar-refractivity contribution >= 4 is 46.3 Å². The van der Waals surface area contributed by atoms with Crippen LogP contribution in [0.3, 0.4) is 0 Å². The van der Waals surface area contributed by atoms with E-state index in [1.165, 1.54) is 0 Å². The van der Waals surface area contributed by atoms with E-state index in [1.54, 1.807) is 34.4 Å². The fourth-order valence-electron chi connectivity index (χ4n) is 2.42. The Labute approximate surface area is 160 Å². The van der Waals surface area contributed by atoms with E-state index in [9.17, 15) is 4.79 Å². The Hall–Kier alpha value is -1.95. The lowest BCUT2D eigenvalue weighted by Crippen LogP contribution is -2.34. The summed E-state index contributed by atoms with van der Waals surface area (Å²) in [6.45, 7) is 1.05. The quantitative estimate of drug-likeness (QED) is 0.599. The lowest BCUT2D eigenvalue weighted by molar-refractivity contribution is 0.205. The van der Waals surface area contributed by atoms with Crippen LogP contribution in [0, 0.1) is 0 Å². The first kappa shape index (κ1) is 17.9. The van der Waals surface area contributed by atoms with Crippen molar-refractivity contribution in [1.82, 2.24) is 9.47 Å². The number of rotatable bonds is 5. The van der Waals surface area contributed by atoms with Crippen LogP contribution in [0.2, 0.25) is 10.0 Å². The summed E-state index contributed by atoms with van der Waals surface area (Å²) in [5.74, 6) is 0. The van der Waals surface area contributed by atoms with Gasteiger partial charge >= 0.3 is 6.03 Å². The smallest absolute Gasteiger partial charge is 0.322 e. The zero-order chi connectivity index (χ0) is 17.8. The molecule has 0 spiro atoms. The molecule has 4 nitrogen and oxygen atoms in total. The second kappa shape index (κ2) is 7.95. The Kier molecular flexibility index (Phi) is 5.68. The molecule has 0 saturated carbocycles. The summed E-state index contributed by atoms with van der Waals surface area (Å²) < 4.78 is 2.01. The van der Waals surface area contributed by atoms with Crippen LogP contribution in [0.25, 0.3) is 0 Å². The summed E-state index contributed by atoms with van der Waals surface area (Å²) in [6.07, 6.45) is 1.97. The molecule has 0 radical (unpaired) electrons. The first-order chi connectivity index (χ1) is 12.0. The maximum absolute atomic E-state index is 12.8. The number of hydrogen-bond acceptors (Lipinski definition) is 2. The molecule has 0 saturated heterocycles. The van der Waals surface area contributed by atoms with Gasteiger partial charge in [0.25, 0.3) is 0 Å². The molecule has 0 fully saturated rings. The number of benzene rings is 1. The molecule has 2 heterocycles. The van der Waals surface area contributed by atoms with E-state index in [4.69, 9.17) is 23.2 Å². The Bertz CT molecular complexity index is 861. The number of amides is 2. The summed E-state index contributed by atoms with van der Waals surface area (Å²) >= 11 is 13.6. The average molecular weight is 394 g/mol. The van der Waals surface area contributed by atoms with Crippen molar-refractivity contribution in [1.29, 1.82) is 0 Å². The summed E-state index contributed by atoms with van der Waals surface area (Å²) in [6, 6.07) is 12.8. The number of anilines is 1. The van der Waals surface area contributed by atoms with E-state index < -0.39 is 0 Å². The van der Waals surface area contributed by atoms with E-state index >= 15 is 0 Å². The Balaban J connectivity index is 1.78. The van der Waals surface area contributed by atoms with E-state index in [0.717, 1.165) is 10.6 Å². The van der Waals surface area contributed by atoms with Crippen molar-refractivity contribution in [3.8, 4) is 0 Å². The van der Waals surface area contributed by atoms with Crippen molar-refractivity contribution in [2.45, 2.75) is 13.1 Å².